The predicted octanol–water partition coefficient (Wildman–Crippen LogP) is 0.529. The second-order valence-corrected chi connectivity index (χ2v) is 4.94. The molecule has 1 amide bonds. The summed E-state index contributed by atoms with van der Waals surface area (Å²) in [4.78, 5) is 11.3. The van der Waals surface area contributed by atoms with E-state index in [-0.39, 0.29) is 5.91 Å². The van der Waals surface area contributed by atoms with Crippen molar-refractivity contribution in [3.63, 3.8) is 0 Å². The molecule has 0 aromatic rings. The Hall–Kier alpha value is -0.610. The molecule has 92 valence electrons. The molecule has 16 heavy (non-hydrogen) atoms. The highest BCUT2D eigenvalue weighted by Crippen LogP contribution is 2.28. The standard InChI is InChI=1S/C12H22N2O2/c15-12(14-7-10-1-2-10)8-13-5-6-16-9-11-3-4-11/h10-11,13H,1-9H2,(H,14,15). The highest BCUT2D eigenvalue weighted by Gasteiger charge is 2.21. The fraction of sp³-hybridized carbons (Fsp3) is 0.917. The van der Waals surface area contributed by atoms with Gasteiger partial charge in [-0.1, -0.05) is 0 Å². The smallest absolute Gasteiger partial charge is 0.233 e. The number of ether oxygens (including phenoxy) is 1. The lowest BCUT2D eigenvalue weighted by Gasteiger charge is -2.06. The molecule has 2 aliphatic rings. The minimum Gasteiger partial charge on any atom is -0.380 e. The number of hydrogen-bond donors (Lipinski definition) is 2. The lowest BCUT2D eigenvalue weighted by molar-refractivity contribution is -0.120. The predicted molar refractivity (Wildman–Crippen MR) is 62.1 cm³/mol. The van der Waals surface area contributed by atoms with Crippen LogP contribution in [0.15, 0.2) is 0 Å². The van der Waals surface area contributed by atoms with Crippen LogP contribution in [0.3, 0.4) is 0 Å². The van der Waals surface area contributed by atoms with Crippen molar-refractivity contribution in [2.24, 2.45) is 11.8 Å². The molecule has 0 aromatic heterocycles. The molecule has 0 aromatic carbocycles. The second-order valence-electron chi connectivity index (χ2n) is 4.94. The van der Waals surface area contributed by atoms with E-state index in [0.717, 1.165) is 31.5 Å². The van der Waals surface area contributed by atoms with E-state index in [9.17, 15) is 4.79 Å². The van der Waals surface area contributed by atoms with Gasteiger partial charge in [-0.25, -0.2) is 0 Å². The molecule has 0 saturated heterocycles. The minimum atomic E-state index is 0.106. The third-order valence-electron chi connectivity index (χ3n) is 3.04. The first-order valence-electron chi connectivity index (χ1n) is 6.40. The summed E-state index contributed by atoms with van der Waals surface area (Å²) in [5.41, 5.74) is 0. The van der Waals surface area contributed by atoms with Crippen molar-refractivity contribution >= 4 is 5.91 Å². The molecule has 4 heteroatoms. The van der Waals surface area contributed by atoms with Gasteiger partial charge in [-0.05, 0) is 37.5 Å². The Bertz CT molecular complexity index is 225. The molecule has 0 aliphatic heterocycles. The van der Waals surface area contributed by atoms with Gasteiger partial charge in [0.25, 0.3) is 0 Å². The number of amides is 1. The summed E-state index contributed by atoms with van der Waals surface area (Å²) < 4.78 is 5.45. The van der Waals surface area contributed by atoms with Gasteiger partial charge in [0.1, 0.15) is 0 Å². The van der Waals surface area contributed by atoms with Crippen LogP contribution in [0, 0.1) is 11.8 Å². The summed E-state index contributed by atoms with van der Waals surface area (Å²) in [5.74, 6) is 1.68. The van der Waals surface area contributed by atoms with E-state index in [0.29, 0.717) is 13.2 Å². The van der Waals surface area contributed by atoms with Gasteiger partial charge in [0.2, 0.25) is 5.91 Å². The molecule has 0 spiro atoms. The minimum absolute atomic E-state index is 0.106. The number of carbonyl (C=O) groups excluding carboxylic acids is 1. The zero-order valence-electron chi connectivity index (χ0n) is 9.84. The summed E-state index contributed by atoms with van der Waals surface area (Å²) in [6.07, 6.45) is 5.22. The van der Waals surface area contributed by atoms with Crippen LogP contribution >= 0.6 is 0 Å². The van der Waals surface area contributed by atoms with Gasteiger partial charge in [0, 0.05) is 19.7 Å². The third-order valence-corrected chi connectivity index (χ3v) is 3.04. The Morgan fingerprint density at radius 3 is 2.62 bits per heavy atom. The summed E-state index contributed by atoms with van der Waals surface area (Å²) in [6, 6.07) is 0. The molecule has 2 fully saturated rings. The van der Waals surface area contributed by atoms with Crippen LogP contribution in [0.5, 0.6) is 0 Å². The molecule has 2 N–H and O–H groups in total. The van der Waals surface area contributed by atoms with E-state index in [4.69, 9.17) is 4.74 Å². The van der Waals surface area contributed by atoms with Crippen molar-refractivity contribution < 1.29 is 9.53 Å². The van der Waals surface area contributed by atoms with Crippen molar-refractivity contribution in [3.8, 4) is 0 Å². The highest BCUT2D eigenvalue weighted by molar-refractivity contribution is 5.77. The van der Waals surface area contributed by atoms with Crippen LogP contribution in [0.4, 0.5) is 0 Å². The maximum Gasteiger partial charge on any atom is 0.233 e. The van der Waals surface area contributed by atoms with Crippen molar-refractivity contribution in [2.75, 3.05) is 32.8 Å². The third kappa shape index (κ3) is 5.47. The first-order chi connectivity index (χ1) is 7.84. The normalized spacial score (nSPS) is 19.8. The van der Waals surface area contributed by atoms with Gasteiger partial charge >= 0.3 is 0 Å². The average molecular weight is 226 g/mol. The Morgan fingerprint density at radius 2 is 1.94 bits per heavy atom. The van der Waals surface area contributed by atoms with E-state index in [1.54, 1.807) is 0 Å². The topological polar surface area (TPSA) is 50.4 Å². The molecule has 2 saturated carbocycles. The van der Waals surface area contributed by atoms with E-state index >= 15 is 0 Å². The first-order valence-corrected chi connectivity index (χ1v) is 6.40. The van der Waals surface area contributed by atoms with Crippen LogP contribution in [-0.4, -0.2) is 38.8 Å². The molecule has 0 bridgehead atoms. The Balaban J connectivity index is 1.33. The van der Waals surface area contributed by atoms with Crippen molar-refractivity contribution in [1.82, 2.24) is 10.6 Å². The van der Waals surface area contributed by atoms with Gasteiger partial charge in [0.05, 0.1) is 13.2 Å². The lowest BCUT2D eigenvalue weighted by atomic mass is 10.4. The molecule has 0 radical (unpaired) electrons. The Labute approximate surface area is 97.1 Å². The molecular formula is C12H22N2O2. The largest absolute Gasteiger partial charge is 0.380 e. The molecule has 0 unspecified atom stereocenters. The van der Waals surface area contributed by atoms with E-state index in [2.05, 4.69) is 10.6 Å². The van der Waals surface area contributed by atoms with Crippen molar-refractivity contribution in [3.05, 3.63) is 0 Å². The summed E-state index contributed by atoms with van der Waals surface area (Å²) in [6.45, 7) is 3.66. The summed E-state index contributed by atoms with van der Waals surface area (Å²) >= 11 is 0. The maximum absolute atomic E-state index is 11.3. The van der Waals surface area contributed by atoms with E-state index < -0.39 is 0 Å². The Morgan fingerprint density at radius 1 is 1.19 bits per heavy atom. The molecule has 2 aliphatic carbocycles. The van der Waals surface area contributed by atoms with Crippen LogP contribution in [0.2, 0.25) is 0 Å². The Kier molecular flexibility index (Phi) is 4.60. The van der Waals surface area contributed by atoms with Gasteiger partial charge in [-0.15, -0.1) is 0 Å². The number of nitrogens with one attached hydrogen (secondary N) is 2. The van der Waals surface area contributed by atoms with Gasteiger partial charge in [-0.3, -0.25) is 4.79 Å². The second kappa shape index (κ2) is 6.21. The zero-order chi connectivity index (χ0) is 11.2. The fourth-order valence-corrected chi connectivity index (χ4v) is 1.52. The van der Waals surface area contributed by atoms with Gasteiger partial charge in [0.15, 0.2) is 0 Å². The van der Waals surface area contributed by atoms with E-state index in [1.807, 2.05) is 0 Å². The molecular weight excluding hydrogens is 204 g/mol. The number of rotatable bonds is 9. The lowest BCUT2D eigenvalue weighted by Crippen LogP contribution is -2.36. The monoisotopic (exact) mass is 226 g/mol. The maximum atomic E-state index is 11.3. The van der Waals surface area contributed by atoms with Crippen molar-refractivity contribution in [2.45, 2.75) is 25.7 Å². The van der Waals surface area contributed by atoms with Crippen molar-refractivity contribution in [1.29, 1.82) is 0 Å². The molecule has 4 nitrogen and oxygen atoms in total. The molecule has 0 atom stereocenters. The van der Waals surface area contributed by atoms with Crippen LogP contribution in [-0.2, 0) is 9.53 Å². The summed E-state index contributed by atoms with van der Waals surface area (Å²) in [5, 5.41) is 6.01. The molecule has 0 heterocycles. The first kappa shape index (κ1) is 11.9. The average Bonchev–Trinajstić information content (AvgIpc) is 3.15. The quantitative estimate of drug-likeness (QED) is 0.564. The van der Waals surface area contributed by atoms with Crippen LogP contribution in [0.25, 0.3) is 0 Å². The van der Waals surface area contributed by atoms with Crippen LogP contribution < -0.4 is 10.6 Å². The number of carbonyl (C=O) groups is 1. The van der Waals surface area contributed by atoms with Crippen LogP contribution in [0.1, 0.15) is 25.7 Å². The van der Waals surface area contributed by atoms with E-state index in [1.165, 1.54) is 25.7 Å². The van der Waals surface area contributed by atoms with Gasteiger partial charge in [-0.2, -0.15) is 0 Å². The number of hydrogen-bond acceptors (Lipinski definition) is 3. The fourth-order valence-electron chi connectivity index (χ4n) is 1.52. The van der Waals surface area contributed by atoms with Gasteiger partial charge < -0.3 is 15.4 Å². The highest BCUT2D eigenvalue weighted by atomic mass is 16.5. The SMILES string of the molecule is O=C(CNCCOCC1CC1)NCC1CC1. The summed E-state index contributed by atoms with van der Waals surface area (Å²) in [7, 11) is 0. The zero-order valence-corrected chi connectivity index (χ0v) is 9.84. The molecule has 2 rings (SSSR count).